The summed E-state index contributed by atoms with van der Waals surface area (Å²) in [6, 6.07) is 11.6. The highest BCUT2D eigenvalue weighted by molar-refractivity contribution is 6.02. The lowest BCUT2D eigenvalue weighted by Crippen LogP contribution is -2.19. The zero-order chi connectivity index (χ0) is 16.5. The van der Waals surface area contributed by atoms with Crippen molar-refractivity contribution in [1.29, 1.82) is 0 Å². The van der Waals surface area contributed by atoms with Crippen LogP contribution in [0, 0.1) is 5.92 Å². The van der Waals surface area contributed by atoms with Crippen molar-refractivity contribution < 1.29 is 4.79 Å². The van der Waals surface area contributed by atoms with Gasteiger partial charge in [0, 0.05) is 6.07 Å². The highest BCUT2D eigenvalue weighted by atomic mass is 16.2. The zero-order valence-electron chi connectivity index (χ0n) is 13.3. The van der Waals surface area contributed by atoms with Crippen LogP contribution in [-0.4, -0.2) is 30.7 Å². The second-order valence-corrected chi connectivity index (χ2v) is 6.05. The molecule has 3 aromatic rings. The molecule has 1 N–H and O–H groups in total. The predicted molar refractivity (Wildman–Crippen MR) is 89.0 cm³/mol. The monoisotopic (exact) mass is 322 g/mol. The number of rotatable bonds is 5. The van der Waals surface area contributed by atoms with E-state index in [0.717, 1.165) is 5.69 Å². The lowest BCUT2D eigenvalue weighted by molar-refractivity contribution is 0.102. The van der Waals surface area contributed by atoms with Crippen LogP contribution in [0.1, 0.15) is 36.3 Å². The number of anilines is 1. The summed E-state index contributed by atoms with van der Waals surface area (Å²) in [6.07, 6.45) is 5.61. The first-order chi connectivity index (χ1) is 11.7. The molecule has 7 nitrogen and oxygen atoms in total. The van der Waals surface area contributed by atoms with Crippen LogP contribution < -0.4 is 5.32 Å². The van der Waals surface area contributed by atoms with E-state index in [0.29, 0.717) is 11.7 Å². The number of aromatic nitrogens is 5. The standard InChI is InChI=1S/C17H18N6O/c1-12(13-7-8-13)22-16(9-10-18-22)20-17(24)15-11-19-23(21-15)14-5-3-2-4-6-14/h2-6,9-13H,7-8H2,1H3,(H,20,24). The number of hydrogen-bond acceptors (Lipinski definition) is 4. The van der Waals surface area contributed by atoms with Crippen LogP contribution in [0.2, 0.25) is 0 Å². The van der Waals surface area contributed by atoms with Crippen LogP contribution in [0.15, 0.2) is 48.8 Å². The Morgan fingerprint density at radius 3 is 2.75 bits per heavy atom. The van der Waals surface area contributed by atoms with Crippen molar-refractivity contribution in [2.24, 2.45) is 5.92 Å². The fourth-order valence-electron chi connectivity index (χ4n) is 2.75. The molecule has 1 saturated carbocycles. The van der Waals surface area contributed by atoms with Gasteiger partial charge in [0.2, 0.25) is 0 Å². The van der Waals surface area contributed by atoms with Crippen molar-refractivity contribution in [3.63, 3.8) is 0 Å². The average Bonchev–Trinajstić information content (AvgIpc) is 3.16. The summed E-state index contributed by atoms with van der Waals surface area (Å²) in [4.78, 5) is 13.9. The third-order valence-corrected chi connectivity index (χ3v) is 4.31. The minimum Gasteiger partial charge on any atom is -0.305 e. The number of hydrogen-bond donors (Lipinski definition) is 1. The first kappa shape index (κ1) is 14.6. The summed E-state index contributed by atoms with van der Waals surface area (Å²) < 4.78 is 1.87. The van der Waals surface area contributed by atoms with E-state index in [1.54, 1.807) is 12.3 Å². The molecule has 1 fully saturated rings. The Morgan fingerprint density at radius 2 is 2.00 bits per heavy atom. The normalized spacial score (nSPS) is 15.2. The molecule has 0 aliphatic heterocycles. The summed E-state index contributed by atoms with van der Waals surface area (Å²) in [5.41, 5.74) is 1.08. The van der Waals surface area contributed by atoms with Crippen molar-refractivity contribution in [2.75, 3.05) is 5.32 Å². The SMILES string of the molecule is CC(C1CC1)n1nccc1NC(=O)c1cnn(-c2ccccc2)n1. The highest BCUT2D eigenvalue weighted by Gasteiger charge is 2.31. The lowest BCUT2D eigenvalue weighted by atomic mass is 10.2. The molecule has 4 rings (SSSR count). The molecular formula is C17H18N6O. The van der Waals surface area contributed by atoms with Crippen molar-refractivity contribution in [3.8, 4) is 5.69 Å². The van der Waals surface area contributed by atoms with Gasteiger partial charge in [0.05, 0.1) is 24.1 Å². The van der Waals surface area contributed by atoms with Gasteiger partial charge in [-0.2, -0.15) is 15.0 Å². The van der Waals surface area contributed by atoms with Crippen LogP contribution in [-0.2, 0) is 0 Å². The molecule has 1 aliphatic carbocycles. The number of nitrogens with zero attached hydrogens (tertiary/aromatic N) is 5. The summed E-state index contributed by atoms with van der Waals surface area (Å²) in [5.74, 6) is 1.05. The molecule has 1 atom stereocenters. The van der Waals surface area contributed by atoms with Crippen molar-refractivity contribution in [2.45, 2.75) is 25.8 Å². The Morgan fingerprint density at radius 1 is 1.21 bits per heavy atom. The van der Waals surface area contributed by atoms with Gasteiger partial charge < -0.3 is 5.32 Å². The van der Waals surface area contributed by atoms with Crippen LogP contribution in [0.3, 0.4) is 0 Å². The molecule has 1 unspecified atom stereocenters. The van der Waals surface area contributed by atoms with Crippen molar-refractivity contribution >= 4 is 11.7 Å². The topological polar surface area (TPSA) is 77.6 Å². The van der Waals surface area contributed by atoms with E-state index in [9.17, 15) is 4.79 Å². The van der Waals surface area contributed by atoms with Gasteiger partial charge in [0.25, 0.3) is 5.91 Å². The van der Waals surface area contributed by atoms with E-state index in [-0.39, 0.29) is 17.6 Å². The second kappa shape index (κ2) is 5.92. The predicted octanol–water partition coefficient (Wildman–Crippen LogP) is 2.69. The summed E-state index contributed by atoms with van der Waals surface area (Å²) in [7, 11) is 0. The fourth-order valence-corrected chi connectivity index (χ4v) is 2.75. The minimum absolute atomic E-state index is 0.269. The van der Waals surface area contributed by atoms with Crippen LogP contribution in [0.4, 0.5) is 5.82 Å². The fraction of sp³-hybridized carbons (Fsp3) is 0.294. The molecule has 24 heavy (non-hydrogen) atoms. The Labute approximate surface area is 139 Å². The number of carbonyl (C=O) groups excluding carboxylic acids is 1. The maximum atomic E-state index is 12.4. The van der Waals surface area contributed by atoms with Crippen molar-refractivity contribution in [3.05, 3.63) is 54.5 Å². The van der Waals surface area contributed by atoms with E-state index >= 15 is 0 Å². The van der Waals surface area contributed by atoms with E-state index in [4.69, 9.17) is 0 Å². The molecule has 0 bridgehead atoms. The molecular weight excluding hydrogens is 304 g/mol. The molecule has 1 aromatic carbocycles. The Kier molecular flexibility index (Phi) is 3.60. The van der Waals surface area contributed by atoms with Gasteiger partial charge in [0.15, 0.2) is 5.69 Å². The Balaban J connectivity index is 1.51. The number of benzene rings is 1. The van der Waals surface area contributed by atoms with Gasteiger partial charge in [-0.15, -0.1) is 5.10 Å². The molecule has 1 aliphatic rings. The second-order valence-electron chi connectivity index (χ2n) is 6.05. The van der Waals surface area contributed by atoms with E-state index in [1.807, 2.05) is 35.0 Å². The smallest absolute Gasteiger partial charge is 0.279 e. The average molecular weight is 322 g/mol. The summed E-state index contributed by atoms with van der Waals surface area (Å²) >= 11 is 0. The number of carbonyl (C=O) groups is 1. The van der Waals surface area contributed by atoms with E-state index in [2.05, 4.69) is 27.5 Å². The molecule has 7 heteroatoms. The third kappa shape index (κ3) is 2.80. The van der Waals surface area contributed by atoms with Gasteiger partial charge >= 0.3 is 0 Å². The maximum Gasteiger partial charge on any atom is 0.279 e. The molecule has 0 radical (unpaired) electrons. The highest BCUT2D eigenvalue weighted by Crippen LogP contribution is 2.40. The van der Waals surface area contributed by atoms with Crippen LogP contribution >= 0.6 is 0 Å². The maximum absolute atomic E-state index is 12.4. The summed E-state index contributed by atoms with van der Waals surface area (Å²) in [5, 5.41) is 15.6. The number of nitrogens with one attached hydrogen (secondary N) is 1. The largest absolute Gasteiger partial charge is 0.305 e. The third-order valence-electron chi connectivity index (χ3n) is 4.31. The van der Waals surface area contributed by atoms with E-state index < -0.39 is 0 Å². The van der Waals surface area contributed by atoms with Gasteiger partial charge in [-0.05, 0) is 37.8 Å². The Bertz CT molecular complexity index is 849. The molecule has 122 valence electrons. The minimum atomic E-state index is -0.290. The summed E-state index contributed by atoms with van der Waals surface area (Å²) in [6.45, 7) is 2.13. The molecule has 0 spiro atoms. The van der Waals surface area contributed by atoms with Crippen LogP contribution in [0.5, 0.6) is 0 Å². The van der Waals surface area contributed by atoms with Gasteiger partial charge in [-0.25, -0.2) is 4.68 Å². The number of para-hydroxylation sites is 1. The first-order valence-electron chi connectivity index (χ1n) is 8.05. The zero-order valence-corrected chi connectivity index (χ0v) is 13.3. The van der Waals surface area contributed by atoms with Crippen LogP contribution in [0.25, 0.3) is 5.69 Å². The van der Waals surface area contributed by atoms with Gasteiger partial charge in [-0.1, -0.05) is 18.2 Å². The Hall–Kier alpha value is -2.96. The molecule has 1 amide bonds. The van der Waals surface area contributed by atoms with Gasteiger partial charge in [-0.3, -0.25) is 4.79 Å². The van der Waals surface area contributed by atoms with Gasteiger partial charge in [0.1, 0.15) is 5.82 Å². The lowest BCUT2D eigenvalue weighted by Gasteiger charge is -2.14. The molecule has 0 saturated heterocycles. The van der Waals surface area contributed by atoms with Crippen molar-refractivity contribution in [1.82, 2.24) is 24.8 Å². The van der Waals surface area contributed by atoms with E-state index in [1.165, 1.54) is 23.8 Å². The first-order valence-corrected chi connectivity index (χ1v) is 8.05. The molecule has 2 aromatic heterocycles. The quantitative estimate of drug-likeness (QED) is 0.783. The molecule has 2 heterocycles. The number of amides is 1.